The molecule has 0 unspecified atom stereocenters. The average molecular weight is 247 g/mol. The highest BCUT2D eigenvalue weighted by Gasteiger charge is 2.01. The van der Waals surface area contributed by atoms with Gasteiger partial charge in [0.25, 0.3) is 0 Å². The van der Waals surface area contributed by atoms with Gasteiger partial charge in [-0.25, -0.2) is 0 Å². The van der Waals surface area contributed by atoms with Crippen molar-refractivity contribution >= 4 is 11.0 Å². The lowest BCUT2D eigenvalue weighted by Gasteiger charge is -1.96. The van der Waals surface area contributed by atoms with Crippen LogP contribution in [0.15, 0.2) is 64.1 Å². The summed E-state index contributed by atoms with van der Waals surface area (Å²) in [4.78, 5) is 15.8. The number of nitrogens with zero attached hydrogens (tertiary/aromatic N) is 1. The zero-order chi connectivity index (χ0) is 13.1. The summed E-state index contributed by atoms with van der Waals surface area (Å²) in [6.45, 7) is 0. The fraction of sp³-hybridized carbons (Fsp3) is 0. The second-order valence-corrected chi connectivity index (χ2v) is 3.96. The molecule has 0 amide bonds. The summed E-state index contributed by atoms with van der Waals surface area (Å²) in [7, 11) is 0. The summed E-state index contributed by atoms with van der Waals surface area (Å²) in [5.74, 6) is 6.10. The average Bonchev–Trinajstić information content (AvgIpc) is 2.46. The smallest absolute Gasteiger partial charge is 0.193 e. The molecule has 0 aliphatic heterocycles. The molecule has 3 heteroatoms. The lowest BCUT2D eigenvalue weighted by atomic mass is 10.2. The van der Waals surface area contributed by atoms with Crippen molar-refractivity contribution in [1.82, 2.24) is 4.98 Å². The highest BCUT2D eigenvalue weighted by atomic mass is 16.3. The van der Waals surface area contributed by atoms with E-state index in [1.54, 1.807) is 36.7 Å². The molecular formula is C16H9NO2. The van der Waals surface area contributed by atoms with Gasteiger partial charge in [-0.2, -0.15) is 0 Å². The van der Waals surface area contributed by atoms with Gasteiger partial charge in [-0.1, -0.05) is 18.1 Å². The van der Waals surface area contributed by atoms with E-state index >= 15 is 0 Å². The molecule has 2 aromatic heterocycles. The van der Waals surface area contributed by atoms with Gasteiger partial charge in [-0.3, -0.25) is 9.78 Å². The van der Waals surface area contributed by atoms with Crippen LogP contribution in [-0.4, -0.2) is 4.98 Å². The molecule has 0 aliphatic rings. The Morgan fingerprint density at radius 3 is 2.79 bits per heavy atom. The monoisotopic (exact) mass is 247 g/mol. The van der Waals surface area contributed by atoms with Gasteiger partial charge < -0.3 is 4.42 Å². The van der Waals surface area contributed by atoms with E-state index in [0.717, 1.165) is 5.56 Å². The molecule has 0 bridgehead atoms. The van der Waals surface area contributed by atoms with Crippen LogP contribution in [0.1, 0.15) is 11.3 Å². The van der Waals surface area contributed by atoms with Crippen molar-refractivity contribution in [2.75, 3.05) is 0 Å². The summed E-state index contributed by atoms with van der Waals surface area (Å²) >= 11 is 0. The minimum Gasteiger partial charge on any atom is -0.447 e. The van der Waals surface area contributed by atoms with Crippen LogP contribution >= 0.6 is 0 Å². The van der Waals surface area contributed by atoms with Crippen molar-refractivity contribution < 1.29 is 4.42 Å². The second-order valence-electron chi connectivity index (χ2n) is 3.96. The first kappa shape index (κ1) is 11.2. The largest absolute Gasteiger partial charge is 0.447 e. The van der Waals surface area contributed by atoms with Crippen molar-refractivity contribution in [3.8, 4) is 11.8 Å². The Morgan fingerprint density at radius 2 is 1.95 bits per heavy atom. The quantitative estimate of drug-likeness (QED) is 0.573. The Kier molecular flexibility index (Phi) is 2.83. The summed E-state index contributed by atoms with van der Waals surface area (Å²) < 4.78 is 5.57. The number of rotatable bonds is 0. The van der Waals surface area contributed by atoms with Crippen LogP contribution < -0.4 is 5.43 Å². The number of benzene rings is 1. The van der Waals surface area contributed by atoms with Crippen LogP contribution in [0.2, 0.25) is 0 Å². The molecule has 1 aromatic carbocycles. The van der Waals surface area contributed by atoms with E-state index < -0.39 is 0 Å². The number of aromatic nitrogens is 1. The summed E-state index contributed by atoms with van der Waals surface area (Å²) in [5.41, 5.74) is 1.24. The fourth-order valence-corrected chi connectivity index (χ4v) is 1.74. The van der Waals surface area contributed by atoms with E-state index in [2.05, 4.69) is 16.8 Å². The first-order valence-electron chi connectivity index (χ1n) is 5.78. The Bertz CT molecular complexity index is 839. The molecule has 19 heavy (non-hydrogen) atoms. The van der Waals surface area contributed by atoms with Gasteiger partial charge in [0, 0.05) is 24.0 Å². The molecule has 0 radical (unpaired) electrons. The molecular weight excluding hydrogens is 238 g/mol. The maximum Gasteiger partial charge on any atom is 0.193 e. The van der Waals surface area contributed by atoms with Crippen molar-refractivity contribution in [2.24, 2.45) is 0 Å². The van der Waals surface area contributed by atoms with Crippen LogP contribution in [0, 0.1) is 11.8 Å². The molecule has 3 nitrogen and oxygen atoms in total. The molecule has 0 fully saturated rings. The maximum absolute atomic E-state index is 11.9. The summed E-state index contributed by atoms with van der Waals surface area (Å²) in [6.07, 6.45) is 3.34. The maximum atomic E-state index is 11.9. The molecule has 90 valence electrons. The molecule has 0 atom stereocenters. The van der Waals surface area contributed by atoms with Gasteiger partial charge in [0.1, 0.15) is 5.58 Å². The van der Waals surface area contributed by atoms with E-state index in [4.69, 9.17) is 4.42 Å². The predicted octanol–water partition coefficient (Wildman–Crippen LogP) is 2.59. The standard InChI is InChI=1S/C16H9NO2/c18-15-10-13(8-7-12-4-3-9-17-11-12)19-16-6-2-1-5-14(15)16/h1-6,9-11H. The lowest BCUT2D eigenvalue weighted by Crippen LogP contribution is -2.00. The van der Waals surface area contributed by atoms with Crippen molar-refractivity contribution in [2.45, 2.75) is 0 Å². The number of para-hydroxylation sites is 1. The first-order chi connectivity index (χ1) is 9.33. The van der Waals surface area contributed by atoms with Crippen LogP contribution in [-0.2, 0) is 0 Å². The van der Waals surface area contributed by atoms with Gasteiger partial charge in [-0.15, -0.1) is 0 Å². The Hall–Kier alpha value is -2.86. The highest BCUT2D eigenvalue weighted by molar-refractivity contribution is 5.76. The van der Waals surface area contributed by atoms with Crippen molar-refractivity contribution in [3.05, 3.63) is 76.4 Å². The zero-order valence-electron chi connectivity index (χ0n) is 9.96. The normalized spacial score (nSPS) is 9.89. The molecule has 3 rings (SSSR count). The molecule has 0 saturated heterocycles. The topological polar surface area (TPSA) is 43.1 Å². The molecule has 0 N–H and O–H groups in total. The van der Waals surface area contributed by atoms with E-state index in [1.165, 1.54) is 6.07 Å². The van der Waals surface area contributed by atoms with Gasteiger partial charge in [-0.05, 0) is 30.2 Å². The summed E-state index contributed by atoms with van der Waals surface area (Å²) in [5, 5.41) is 0.564. The van der Waals surface area contributed by atoms with E-state index in [-0.39, 0.29) is 5.43 Å². The third kappa shape index (κ3) is 2.38. The van der Waals surface area contributed by atoms with E-state index in [1.807, 2.05) is 12.1 Å². The predicted molar refractivity (Wildman–Crippen MR) is 72.7 cm³/mol. The number of pyridine rings is 1. The highest BCUT2D eigenvalue weighted by Crippen LogP contribution is 2.10. The van der Waals surface area contributed by atoms with Gasteiger partial charge in [0.15, 0.2) is 11.2 Å². The lowest BCUT2D eigenvalue weighted by molar-refractivity contribution is 0.588. The van der Waals surface area contributed by atoms with Crippen LogP contribution in [0.5, 0.6) is 0 Å². The molecule has 0 saturated carbocycles. The van der Waals surface area contributed by atoms with Gasteiger partial charge >= 0.3 is 0 Å². The van der Waals surface area contributed by atoms with E-state index in [9.17, 15) is 4.79 Å². The Balaban J connectivity index is 2.08. The fourth-order valence-electron chi connectivity index (χ4n) is 1.74. The number of hydrogen-bond donors (Lipinski definition) is 0. The first-order valence-corrected chi connectivity index (χ1v) is 5.78. The third-order valence-electron chi connectivity index (χ3n) is 2.63. The second kappa shape index (κ2) is 4.79. The van der Waals surface area contributed by atoms with Crippen LogP contribution in [0.3, 0.4) is 0 Å². The van der Waals surface area contributed by atoms with Gasteiger partial charge in [0.05, 0.1) is 5.39 Å². The zero-order valence-corrected chi connectivity index (χ0v) is 9.96. The SMILES string of the molecule is O=c1cc(C#Cc2cccnc2)oc2ccccc12. The van der Waals surface area contributed by atoms with Crippen molar-refractivity contribution in [3.63, 3.8) is 0 Å². The molecule has 0 spiro atoms. The van der Waals surface area contributed by atoms with E-state index in [0.29, 0.717) is 16.7 Å². The number of fused-ring (bicyclic) bond motifs is 1. The minimum atomic E-state index is -0.0858. The van der Waals surface area contributed by atoms with Crippen molar-refractivity contribution in [1.29, 1.82) is 0 Å². The Labute approximate surface area is 109 Å². The van der Waals surface area contributed by atoms with Gasteiger partial charge in [0.2, 0.25) is 0 Å². The van der Waals surface area contributed by atoms with Crippen LogP contribution in [0.4, 0.5) is 0 Å². The minimum absolute atomic E-state index is 0.0858. The summed E-state index contributed by atoms with van der Waals surface area (Å²) in [6, 6.07) is 12.2. The molecule has 0 aliphatic carbocycles. The number of hydrogen-bond acceptors (Lipinski definition) is 3. The Morgan fingerprint density at radius 1 is 1.05 bits per heavy atom. The molecule has 2 heterocycles. The van der Waals surface area contributed by atoms with Crippen LogP contribution in [0.25, 0.3) is 11.0 Å². The molecule has 3 aromatic rings. The third-order valence-corrected chi connectivity index (χ3v) is 2.63.